The van der Waals surface area contributed by atoms with Crippen LogP contribution in [-0.4, -0.2) is 15.9 Å². The predicted molar refractivity (Wildman–Crippen MR) is 74.8 cm³/mol. The van der Waals surface area contributed by atoms with Gasteiger partial charge in [0.1, 0.15) is 18.0 Å². The average molecular weight is 256 g/mol. The summed E-state index contributed by atoms with van der Waals surface area (Å²) in [4.78, 5) is 19.0. The number of carbonyl (C=O) groups is 1. The topological polar surface area (TPSA) is 66.9 Å². The number of rotatable bonds is 4. The summed E-state index contributed by atoms with van der Waals surface area (Å²) in [6.07, 6.45) is 1.42. The van der Waals surface area contributed by atoms with Gasteiger partial charge < -0.3 is 10.6 Å². The summed E-state index contributed by atoms with van der Waals surface area (Å²) < 4.78 is 0. The summed E-state index contributed by atoms with van der Waals surface area (Å²) in [5.41, 5.74) is 2.40. The Bertz CT molecular complexity index is 583. The molecule has 0 aliphatic rings. The maximum atomic E-state index is 10.9. The molecule has 0 saturated heterocycles. The fourth-order valence-electron chi connectivity index (χ4n) is 1.72. The molecule has 0 radical (unpaired) electrons. The number of hydrogen-bond donors (Lipinski definition) is 2. The van der Waals surface area contributed by atoms with E-state index in [0.29, 0.717) is 18.2 Å². The van der Waals surface area contributed by atoms with Gasteiger partial charge in [-0.3, -0.25) is 4.79 Å². The molecular weight excluding hydrogens is 240 g/mol. The van der Waals surface area contributed by atoms with Gasteiger partial charge in [0.25, 0.3) is 0 Å². The van der Waals surface area contributed by atoms with E-state index in [1.165, 1.54) is 24.4 Å². The van der Waals surface area contributed by atoms with E-state index >= 15 is 0 Å². The van der Waals surface area contributed by atoms with E-state index in [-0.39, 0.29) is 5.91 Å². The Morgan fingerprint density at radius 3 is 2.74 bits per heavy atom. The van der Waals surface area contributed by atoms with Gasteiger partial charge in [0.15, 0.2) is 0 Å². The van der Waals surface area contributed by atoms with Crippen LogP contribution in [0.25, 0.3) is 0 Å². The number of carbonyl (C=O) groups excluding carboxylic acids is 1. The third-order valence-corrected chi connectivity index (χ3v) is 2.53. The molecule has 2 rings (SSSR count). The van der Waals surface area contributed by atoms with Crippen molar-refractivity contribution in [3.05, 3.63) is 47.8 Å². The van der Waals surface area contributed by atoms with Gasteiger partial charge in [-0.25, -0.2) is 9.97 Å². The minimum absolute atomic E-state index is 0.150. The molecule has 0 saturated carbocycles. The standard InChI is InChI=1S/C14H16N4O/c1-10-4-3-5-12(6-10)8-15-13-7-14(17-9-16-13)18-11(2)19/h3-7,9H,8H2,1-2H3,(H2,15,16,17,18,19). The molecular formula is C14H16N4O. The molecule has 5 nitrogen and oxygen atoms in total. The molecule has 1 heterocycles. The van der Waals surface area contributed by atoms with Crippen LogP contribution in [0.4, 0.5) is 11.6 Å². The molecule has 0 fully saturated rings. The lowest BCUT2D eigenvalue weighted by Gasteiger charge is -2.07. The van der Waals surface area contributed by atoms with Gasteiger partial charge in [-0.15, -0.1) is 0 Å². The third-order valence-electron chi connectivity index (χ3n) is 2.53. The Labute approximate surface area is 112 Å². The highest BCUT2D eigenvalue weighted by atomic mass is 16.1. The van der Waals surface area contributed by atoms with Crippen LogP contribution in [0.5, 0.6) is 0 Å². The van der Waals surface area contributed by atoms with Crippen LogP contribution in [-0.2, 0) is 11.3 Å². The number of nitrogens with zero attached hydrogens (tertiary/aromatic N) is 2. The van der Waals surface area contributed by atoms with E-state index in [1.807, 2.05) is 6.07 Å². The molecule has 5 heteroatoms. The van der Waals surface area contributed by atoms with Crippen LogP contribution in [0.3, 0.4) is 0 Å². The number of aromatic nitrogens is 2. The monoisotopic (exact) mass is 256 g/mol. The fourth-order valence-corrected chi connectivity index (χ4v) is 1.72. The third kappa shape index (κ3) is 4.06. The van der Waals surface area contributed by atoms with Crippen LogP contribution in [0.2, 0.25) is 0 Å². The zero-order valence-electron chi connectivity index (χ0n) is 11.0. The Balaban J connectivity index is 2.01. The molecule has 1 aromatic heterocycles. The number of aryl methyl sites for hydroxylation is 1. The average Bonchev–Trinajstić information content (AvgIpc) is 2.36. The summed E-state index contributed by atoms with van der Waals surface area (Å²) in [7, 11) is 0. The summed E-state index contributed by atoms with van der Waals surface area (Å²) >= 11 is 0. The van der Waals surface area contributed by atoms with E-state index in [4.69, 9.17) is 0 Å². The number of anilines is 2. The van der Waals surface area contributed by atoms with Gasteiger partial charge in [-0.1, -0.05) is 29.8 Å². The van der Waals surface area contributed by atoms with Crippen molar-refractivity contribution in [1.82, 2.24) is 9.97 Å². The summed E-state index contributed by atoms with van der Waals surface area (Å²) in [5.74, 6) is 1.03. The van der Waals surface area contributed by atoms with Crippen molar-refractivity contribution in [2.45, 2.75) is 20.4 Å². The summed E-state index contributed by atoms with van der Waals surface area (Å²) in [6, 6.07) is 9.95. The van der Waals surface area contributed by atoms with Crippen molar-refractivity contribution in [1.29, 1.82) is 0 Å². The van der Waals surface area contributed by atoms with Gasteiger partial charge in [-0.2, -0.15) is 0 Å². The molecule has 0 aliphatic carbocycles. The Hall–Kier alpha value is -2.43. The van der Waals surface area contributed by atoms with E-state index < -0.39 is 0 Å². The predicted octanol–water partition coefficient (Wildman–Crippen LogP) is 2.36. The highest BCUT2D eigenvalue weighted by molar-refractivity contribution is 5.87. The number of benzene rings is 1. The van der Waals surface area contributed by atoms with Gasteiger partial charge >= 0.3 is 0 Å². The maximum absolute atomic E-state index is 10.9. The number of nitrogens with one attached hydrogen (secondary N) is 2. The number of amides is 1. The lowest BCUT2D eigenvalue weighted by Crippen LogP contribution is -2.09. The van der Waals surface area contributed by atoms with Gasteiger partial charge in [0, 0.05) is 19.5 Å². The number of hydrogen-bond acceptors (Lipinski definition) is 4. The lowest BCUT2D eigenvalue weighted by atomic mass is 10.1. The molecule has 1 aromatic carbocycles. The second-order valence-corrected chi connectivity index (χ2v) is 4.31. The van der Waals surface area contributed by atoms with E-state index in [2.05, 4.69) is 45.7 Å². The molecule has 0 aliphatic heterocycles. The zero-order valence-corrected chi connectivity index (χ0v) is 11.0. The Morgan fingerprint density at radius 1 is 1.21 bits per heavy atom. The van der Waals surface area contributed by atoms with Crippen molar-refractivity contribution < 1.29 is 4.79 Å². The van der Waals surface area contributed by atoms with E-state index in [1.54, 1.807) is 6.07 Å². The first-order valence-corrected chi connectivity index (χ1v) is 6.02. The maximum Gasteiger partial charge on any atom is 0.222 e. The molecule has 0 bridgehead atoms. The molecule has 0 atom stereocenters. The van der Waals surface area contributed by atoms with Crippen LogP contribution < -0.4 is 10.6 Å². The first-order chi connectivity index (χ1) is 9.13. The normalized spacial score (nSPS) is 10.0. The first-order valence-electron chi connectivity index (χ1n) is 6.02. The van der Waals surface area contributed by atoms with Gasteiger partial charge in [0.2, 0.25) is 5.91 Å². The molecule has 2 aromatic rings. The van der Waals surface area contributed by atoms with E-state index in [9.17, 15) is 4.79 Å². The highest BCUT2D eigenvalue weighted by Gasteiger charge is 2.00. The minimum atomic E-state index is -0.150. The fraction of sp³-hybridized carbons (Fsp3) is 0.214. The molecule has 1 amide bonds. The summed E-state index contributed by atoms with van der Waals surface area (Å²) in [6.45, 7) is 4.18. The zero-order chi connectivity index (χ0) is 13.7. The molecule has 2 N–H and O–H groups in total. The first kappa shape index (κ1) is 13.0. The quantitative estimate of drug-likeness (QED) is 0.881. The SMILES string of the molecule is CC(=O)Nc1cc(NCc2cccc(C)c2)ncn1. The molecule has 98 valence electrons. The molecule has 0 unspecified atom stereocenters. The Morgan fingerprint density at radius 2 is 2.00 bits per heavy atom. The smallest absolute Gasteiger partial charge is 0.222 e. The van der Waals surface area contributed by atoms with Crippen LogP contribution >= 0.6 is 0 Å². The summed E-state index contributed by atoms with van der Waals surface area (Å²) in [5, 5.41) is 5.82. The van der Waals surface area contributed by atoms with Crippen molar-refractivity contribution in [3.8, 4) is 0 Å². The van der Waals surface area contributed by atoms with Crippen LogP contribution in [0.1, 0.15) is 18.1 Å². The largest absolute Gasteiger partial charge is 0.366 e. The van der Waals surface area contributed by atoms with Crippen LogP contribution in [0.15, 0.2) is 36.7 Å². The Kier molecular flexibility index (Phi) is 4.07. The van der Waals surface area contributed by atoms with E-state index in [0.717, 1.165) is 0 Å². The highest BCUT2D eigenvalue weighted by Crippen LogP contribution is 2.11. The van der Waals surface area contributed by atoms with Crippen LogP contribution in [0, 0.1) is 6.92 Å². The van der Waals surface area contributed by atoms with Crippen molar-refractivity contribution in [3.63, 3.8) is 0 Å². The second-order valence-electron chi connectivity index (χ2n) is 4.31. The van der Waals surface area contributed by atoms with Crippen molar-refractivity contribution in [2.75, 3.05) is 10.6 Å². The van der Waals surface area contributed by atoms with Crippen molar-refractivity contribution in [2.24, 2.45) is 0 Å². The van der Waals surface area contributed by atoms with Gasteiger partial charge in [-0.05, 0) is 12.5 Å². The lowest BCUT2D eigenvalue weighted by molar-refractivity contribution is -0.114. The van der Waals surface area contributed by atoms with Gasteiger partial charge in [0.05, 0.1) is 0 Å². The molecule has 19 heavy (non-hydrogen) atoms. The van der Waals surface area contributed by atoms with Crippen molar-refractivity contribution >= 4 is 17.5 Å². The minimum Gasteiger partial charge on any atom is -0.366 e. The second kappa shape index (κ2) is 5.95. The molecule has 0 spiro atoms.